The summed E-state index contributed by atoms with van der Waals surface area (Å²) in [5.74, 6) is 0.0719. The van der Waals surface area contributed by atoms with Crippen LogP contribution in [0, 0.1) is 18.3 Å². The van der Waals surface area contributed by atoms with Gasteiger partial charge < -0.3 is 9.73 Å². The monoisotopic (exact) mass is 401 g/mol. The van der Waals surface area contributed by atoms with Crippen molar-refractivity contribution in [2.45, 2.75) is 31.8 Å². The first kappa shape index (κ1) is 19.8. The van der Waals surface area contributed by atoms with Crippen LogP contribution in [0.1, 0.15) is 51.8 Å². The van der Waals surface area contributed by atoms with Gasteiger partial charge in [-0.15, -0.1) is 0 Å². The average molecular weight is 401 g/mol. The van der Waals surface area contributed by atoms with Gasteiger partial charge in [0.15, 0.2) is 6.39 Å². The number of pyridine rings is 1. The Morgan fingerprint density at radius 2 is 2.00 bits per heavy atom. The van der Waals surface area contributed by atoms with Gasteiger partial charge in [0.2, 0.25) is 5.76 Å². The standard InChI is InChI=1S/C23H23N5O2/c1-16-22(30-15-26-16)23(29)27-20-8-11-28(12-9-20)21(19-3-2-10-25-14-19)18-6-4-17(13-24)5-7-18/h2-7,10,14-15,20-21H,8-9,11-12H2,1H3,(H,27,29). The normalized spacial score (nSPS) is 16.0. The number of likely N-dealkylation sites (tertiary alicyclic amines) is 1. The Kier molecular flexibility index (Phi) is 5.87. The molecule has 7 heteroatoms. The molecule has 0 aliphatic carbocycles. The zero-order valence-corrected chi connectivity index (χ0v) is 16.8. The van der Waals surface area contributed by atoms with Gasteiger partial charge in [-0.25, -0.2) is 4.98 Å². The summed E-state index contributed by atoms with van der Waals surface area (Å²) in [6.45, 7) is 3.43. The number of oxazole rings is 1. The smallest absolute Gasteiger partial charge is 0.289 e. The van der Waals surface area contributed by atoms with Gasteiger partial charge in [-0.1, -0.05) is 18.2 Å². The molecule has 1 saturated heterocycles. The number of nitrogens with zero attached hydrogens (tertiary/aromatic N) is 4. The van der Waals surface area contributed by atoms with Crippen LogP contribution >= 0.6 is 0 Å². The Balaban J connectivity index is 1.47. The van der Waals surface area contributed by atoms with Crippen molar-refractivity contribution >= 4 is 5.91 Å². The van der Waals surface area contributed by atoms with Crippen LogP contribution in [0.15, 0.2) is 59.6 Å². The Bertz CT molecular complexity index is 1030. The molecule has 3 aromatic rings. The summed E-state index contributed by atoms with van der Waals surface area (Å²) in [6, 6.07) is 14.1. The van der Waals surface area contributed by atoms with E-state index in [1.807, 2.05) is 36.5 Å². The zero-order valence-electron chi connectivity index (χ0n) is 16.8. The number of nitrogens with one attached hydrogen (secondary N) is 1. The predicted molar refractivity (Wildman–Crippen MR) is 111 cm³/mol. The second-order valence-electron chi connectivity index (χ2n) is 7.47. The molecule has 0 radical (unpaired) electrons. The summed E-state index contributed by atoms with van der Waals surface area (Å²) in [5.41, 5.74) is 3.49. The van der Waals surface area contributed by atoms with Crippen LogP contribution < -0.4 is 5.32 Å². The summed E-state index contributed by atoms with van der Waals surface area (Å²) in [5, 5.41) is 12.2. The molecule has 4 rings (SSSR count). The number of carbonyl (C=O) groups excluding carboxylic acids is 1. The molecule has 7 nitrogen and oxygen atoms in total. The molecular weight excluding hydrogens is 378 g/mol. The second-order valence-corrected chi connectivity index (χ2v) is 7.47. The summed E-state index contributed by atoms with van der Waals surface area (Å²) >= 11 is 0. The van der Waals surface area contributed by atoms with Gasteiger partial charge in [0.05, 0.1) is 23.4 Å². The minimum atomic E-state index is -0.209. The fourth-order valence-electron chi connectivity index (χ4n) is 3.96. The van der Waals surface area contributed by atoms with E-state index < -0.39 is 0 Å². The first-order chi connectivity index (χ1) is 14.7. The van der Waals surface area contributed by atoms with Gasteiger partial charge >= 0.3 is 0 Å². The summed E-state index contributed by atoms with van der Waals surface area (Å²) in [6.07, 6.45) is 6.64. The highest BCUT2D eigenvalue weighted by Gasteiger charge is 2.29. The number of nitriles is 1. The van der Waals surface area contributed by atoms with Crippen LogP contribution in [0.4, 0.5) is 0 Å². The van der Waals surface area contributed by atoms with E-state index in [4.69, 9.17) is 9.68 Å². The third-order valence-electron chi connectivity index (χ3n) is 5.54. The van der Waals surface area contributed by atoms with Crippen LogP contribution in [0.25, 0.3) is 0 Å². The highest BCUT2D eigenvalue weighted by molar-refractivity contribution is 5.92. The van der Waals surface area contributed by atoms with Crippen LogP contribution in [-0.4, -0.2) is 39.9 Å². The highest BCUT2D eigenvalue weighted by atomic mass is 16.3. The van der Waals surface area contributed by atoms with Crippen LogP contribution in [0.2, 0.25) is 0 Å². The lowest BCUT2D eigenvalue weighted by atomic mass is 9.94. The average Bonchev–Trinajstić information content (AvgIpc) is 3.22. The molecule has 1 N–H and O–H groups in total. The quantitative estimate of drug-likeness (QED) is 0.705. The second kappa shape index (κ2) is 8.89. The summed E-state index contributed by atoms with van der Waals surface area (Å²) in [4.78, 5) is 23.1. The van der Waals surface area contributed by atoms with Crippen molar-refractivity contribution in [1.29, 1.82) is 5.26 Å². The van der Waals surface area contributed by atoms with E-state index in [1.54, 1.807) is 13.1 Å². The van der Waals surface area contributed by atoms with E-state index in [0.29, 0.717) is 11.3 Å². The molecule has 3 heterocycles. The molecule has 0 bridgehead atoms. The predicted octanol–water partition coefficient (Wildman–Crippen LogP) is 3.23. The zero-order chi connectivity index (χ0) is 20.9. The van der Waals surface area contributed by atoms with Gasteiger partial charge in [0.1, 0.15) is 0 Å². The lowest BCUT2D eigenvalue weighted by molar-refractivity contribution is 0.0872. The van der Waals surface area contributed by atoms with Crippen molar-refractivity contribution in [2.24, 2.45) is 0 Å². The third kappa shape index (κ3) is 4.24. The molecule has 1 amide bonds. The largest absolute Gasteiger partial charge is 0.438 e. The number of benzene rings is 1. The number of piperidine rings is 1. The highest BCUT2D eigenvalue weighted by Crippen LogP contribution is 2.31. The number of amides is 1. The minimum absolute atomic E-state index is 0.0552. The number of aryl methyl sites for hydroxylation is 1. The van der Waals surface area contributed by atoms with Crippen LogP contribution in [0.3, 0.4) is 0 Å². The molecule has 0 saturated carbocycles. The topological polar surface area (TPSA) is 95.0 Å². The molecule has 1 atom stereocenters. The van der Waals surface area contributed by atoms with Crippen molar-refractivity contribution in [2.75, 3.05) is 13.1 Å². The van der Waals surface area contributed by atoms with Crippen molar-refractivity contribution in [3.63, 3.8) is 0 Å². The summed E-state index contributed by atoms with van der Waals surface area (Å²) < 4.78 is 5.20. The molecule has 1 unspecified atom stereocenters. The third-order valence-corrected chi connectivity index (χ3v) is 5.54. The van der Waals surface area contributed by atoms with Gasteiger partial charge in [-0.3, -0.25) is 14.7 Å². The van der Waals surface area contributed by atoms with E-state index in [-0.39, 0.29) is 23.8 Å². The Hall–Kier alpha value is -3.50. The maximum atomic E-state index is 12.4. The number of rotatable bonds is 5. The minimum Gasteiger partial charge on any atom is -0.438 e. The van der Waals surface area contributed by atoms with Crippen molar-refractivity contribution in [3.05, 3.63) is 83.3 Å². The molecule has 1 fully saturated rings. The van der Waals surface area contributed by atoms with Crippen LogP contribution in [0.5, 0.6) is 0 Å². The molecule has 152 valence electrons. The lowest BCUT2D eigenvalue weighted by Gasteiger charge is -2.38. The van der Waals surface area contributed by atoms with E-state index >= 15 is 0 Å². The van der Waals surface area contributed by atoms with Crippen LogP contribution in [-0.2, 0) is 0 Å². The van der Waals surface area contributed by atoms with Crippen molar-refractivity contribution in [1.82, 2.24) is 20.2 Å². The van der Waals surface area contributed by atoms with E-state index in [0.717, 1.165) is 37.1 Å². The van der Waals surface area contributed by atoms with E-state index in [9.17, 15) is 4.79 Å². The van der Waals surface area contributed by atoms with E-state index in [2.05, 4.69) is 32.3 Å². The molecule has 30 heavy (non-hydrogen) atoms. The molecule has 1 aromatic carbocycles. The fourth-order valence-corrected chi connectivity index (χ4v) is 3.96. The maximum Gasteiger partial charge on any atom is 0.289 e. The first-order valence-corrected chi connectivity index (χ1v) is 10.0. The van der Waals surface area contributed by atoms with Crippen molar-refractivity contribution < 1.29 is 9.21 Å². The van der Waals surface area contributed by atoms with Gasteiger partial charge in [0, 0.05) is 31.5 Å². The first-order valence-electron chi connectivity index (χ1n) is 10.0. The number of aromatic nitrogens is 2. The molecule has 1 aliphatic rings. The fraction of sp³-hybridized carbons (Fsp3) is 0.304. The van der Waals surface area contributed by atoms with Gasteiger partial charge in [0.25, 0.3) is 5.91 Å². The molecule has 2 aromatic heterocycles. The SMILES string of the molecule is Cc1ncoc1C(=O)NC1CCN(C(c2ccc(C#N)cc2)c2cccnc2)CC1. The Morgan fingerprint density at radius 3 is 2.60 bits per heavy atom. The lowest BCUT2D eigenvalue weighted by Crippen LogP contribution is -2.46. The Labute approximate surface area is 175 Å². The number of carbonyl (C=O) groups is 1. The Morgan fingerprint density at radius 1 is 1.23 bits per heavy atom. The molecule has 0 spiro atoms. The number of hydrogen-bond acceptors (Lipinski definition) is 6. The van der Waals surface area contributed by atoms with E-state index in [1.165, 1.54) is 6.39 Å². The van der Waals surface area contributed by atoms with Crippen molar-refractivity contribution in [3.8, 4) is 6.07 Å². The maximum absolute atomic E-state index is 12.4. The molecular formula is C23H23N5O2. The van der Waals surface area contributed by atoms with Gasteiger partial charge in [-0.05, 0) is 49.1 Å². The number of hydrogen-bond donors (Lipinski definition) is 1. The molecule has 1 aliphatic heterocycles. The summed E-state index contributed by atoms with van der Waals surface area (Å²) in [7, 11) is 0. The van der Waals surface area contributed by atoms with Gasteiger partial charge in [-0.2, -0.15) is 5.26 Å².